The Balaban J connectivity index is 2.00. The number of carbonyl (C=O) groups excluding carboxylic acids is 1. The van der Waals surface area contributed by atoms with E-state index in [4.69, 9.17) is 0 Å². The van der Waals surface area contributed by atoms with E-state index in [1.165, 1.54) is 11.1 Å². The van der Waals surface area contributed by atoms with Crippen LogP contribution in [-0.2, 0) is 16.6 Å². The van der Waals surface area contributed by atoms with Gasteiger partial charge in [0.2, 0.25) is 5.91 Å². The van der Waals surface area contributed by atoms with Gasteiger partial charge in [-0.05, 0) is 23.6 Å². The van der Waals surface area contributed by atoms with Crippen LogP contribution in [0.5, 0.6) is 0 Å². The summed E-state index contributed by atoms with van der Waals surface area (Å²) >= 11 is 0. The number of fused-ring (bicyclic) bond motifs is 1. The first-order chi connectivity index (χ1) is 9.60. The summed E-state index contributed by atoms with van der Waals surface area (Å²) < 4.78 is 0. The Hall–Kier alpha value is -2.09. The van der Waals surface area contributed by atoms with Gasteiger partial charge in [0.05, 0.1) is 0 Å². The first kappa shape index (κ1) is 12.9. The average Bonchev–Trinajstić information content (AvgIpc) is 2.74. The van der Waals surface area contributed by atoms with Gasteiger partial charge >= 0.3 is 0 Å². The van der Waals surface area contributed by atoms with Gasteiger partial charge < -0.3 is 4.90 Å². The van der Waals surface area contributed by atoms with Crippen molar-refractivity contribution in [1.29, 1.82) is 0 Å². The summed E-state index contributed by atoms with van der Waals surface area (Å²) in [5.41, 5.74) is 3.65. The van der Waals surface area contributed by atoms with Crippen LogP contribution in [0.2, 0.25) is 0 Å². The fraction of sp³-hybridized carbons (Fsp3) is 0.278. The second kappa shape index (κ2) is 4.78. The van der Waals surface area contributed by atoms with Gasteiger partial charge in [-0.15, -0.1) is 0 Å². The molecular weight excluding hydrogens is 246 g/mol. The Morgan fingerprint density at radius 1 is 1.10 bits per heavy atom. The molecule has 0 saturated carbocycles. The molecule has 0 aliphatic carbocycles. The Kier molecular flexibility index (Phi) is 3.09. The van der Waals surface area contributed by atoms with Gasteiger partial charge in [0.25, 0.3) is 0 Å². The van der Waals surface area contributed by atoms with Crippen LogP contribution in [0.4, 0.5) is 5.69 Å². The second-order valence-corrected chi connectivity index (χ2v) is 5.85. The van der Waals surface area contributed by atoms with Crippen LogP contribution in [0, 0.1) is 0 Å². The normalized spacial score (nSPS) is 20.8. The zero-order valence-electron chi connectivity index (χ0n) is 12.0. The summed E-state index contributed by atoms with van der Waals surface area (Å²) in [4.78, 5) is 13.8. The molecule has 0 radical (unpaired) electrons. The van der Waals surface area contributed by atoms with Gasteiger partial charge in [-0.25, -0.2) is 0 Å². The van der Waals surface area contributed by atoms with Crippen molar-refractivity contribution in [2.24, 2.45) is 0 Å². The number of para-hydroxylation sites is 1. The van der Waals surface area contributed by atoms with Crippen molar-refractivity contribution >= 4 is 11.6 Å². The zero-order valence-corrected chi connectivity index (χ0v) is 12.0. The fourth-order valence-corrected chi connectivity index (χ4v) is 3.22. The molecule has 1 heterocycles. The number of nitrogens with zero attached hydrogens (tertiary/aromatic N) is 1. The highest BCUT2D eigenvalue weighted by Crippen LogP contribution is 2.42. The molecule has 20 heavy (non-hydrogen) atoms. The summed E-state index contributed by atoms with van der Waals surface area (Å²) in [7, 11) is 0. The minimum atomic E-state index is -0.0103. The second-order valence-electron chi connectivity index (χ2n) is 5.85. The smallest absolute Gasteiger partial charge is 0.223 e. The van der Waals surface area contributed by atoms with E-state index in [0.29, 0.717) is 0 Å². The topological polar surface area (TPSA) is 20.3 Å². The molecule has 1 atom stereocenters. The van der Waals surface area contributed by atoms with Gasteiger partial charge in [0, 0.05) is 24.6 Å². The minimum Gasteiger partial charge on any atom is -0.311 e. The van der Waals surface area contributed by atoms with Crippen LogP contribution in [0.25, 0.3) is 0 Å². The molecule has 0 aromatic heterocycles. The lowest BCUT2D eigenvalue weighted by atomic mass is 9.79. The number of hydrogen-bond donors (Lipinski definition) is 0. The number of hydrogen-bond acceptors (Lipinski definition) is 1. The van der Waals surface area contributed by atoms with E-state index in [2.05, 4.69) is 43.3 Å². The highest BCUT2D eigenvalue weighted by Gasteiger charge is 2.40. The fourth-order valence-electron chi connectivity index (χ4n) is 3.22. The van der Waals surface area contributed by atoms with E-state index in [9.17, 15) is 4.79 Å². The molecule has 102 valence electrons. The van der Waals surface area contributed by atoms with Crippen LogP contribution in [0.3, 0.4) is 0 Å². The molecular formula is C18H19NO. The summed E-state index contributed by atoms with van der Waals surface area (Å²) in [6.45, 7) is 4.66. The van der Waals surface area contributed by atoms with Crippen molar-refractivity contribution < 1.29 is 4.79 Å². The van der Waals surface area contributed by atoms with Crippen LogP contribution in [0.1, 0.15) is 25.0 Å². The van der Waals surface area contributed by atoms with Crippen LogP contribution in [-0.4, -0.2) is 12.5 Å². The number of anilines is 1. The number of amides is 1. The van der Waals surface area contributed by atoms with Crippen molar-refractivity contribution in [2.75, 3.05) is 11.4 Å². The molecule has 0 fully saturated rings. The van der Waals surface area contributed by atoms with Gasteiger partial charge in [-0.1, -0.05) is 55.5 Å². The van der Waals surface area contributed by atoms with Crippen molar-refractivity contribution in [3.8, 4) is 0 Å². The maximum atomic E-state index is 11.9. The summed E-state index contributed by atoms with van der Waals surface area (Å²) in [6.07, 6.45) is 0.953. The third-order valence-electron chi connectivity index (χ3n) is 4.17. The van der Waals surface area contributed by atoms with E-state index in [0.717, 1.165) is 18.7 Å². The molecule has 0 spiro atoms. The molecule has 2 aromatic carbocycles. The molecule has 1 aliphatic rings. The lowest BCUT2D eigenvalue weighted by Crippen LogP contribution is -2.35. The summed E-state index contributed by atoms with van der Waals surface area (Å²) in [5.74, 6) is 0.120. The third kappa shape index (κ3) is 2.11. The monoisotopic (exact) mass is 265 g/mol. The van der Waals surface area contributed by atoms with Gasteiger partial charge in [0.15, 0.2) is 0 Å². The Morgan fingerprint density at radius 2 is 1.75 bits per heavy atom. The molecule has 1 unspecified atom stereocenters. The van der Waals surface area contributed by atoms with Gasteiger partial charge in [0.1, 0.15) is 0 Å². The highest BCUT2D eigenvalue weighted by molar-refractivity contribution is 5.94. The van der Waals surface area contributed by atoms with Crippen molar-refractivity contribution in [3.05, 3.63) is 65.7 Å². The number of benzene rings is 2. The van der Waals surface area contributed by atoms with Gasteiger partial charge in [-0.2, -0.15) is 0 Å². The summed E-state index contributed by atoms with van der Waals surface area (Å²) in [5, 5.41) is 0. The SMILES string of the molecule is CC(=O)N1CC(C)(Cc2ccccc2)c2ccccc21. The highest BCUT2D eigenvalue weighted by atomic mass is 16.2. The number of carbonyl (C=O) groups is 1. The molecule has 1 amide bonds. The standard InChI is InChI=1S/C18H19NO/c1-14(20)19-13-18(2,12-15-8-4-3-5-9-15)16-10-6-7-11-17(16)19/h3-11H,12-13H2,1-2H3. The van der Waals surface area contributed by atoms with Crippen LogP contribution < -0.4 is 4.90 Å². The maximum Gasteiger partial charge on any atom is 0.223 e. The predicted octanol–water partition coefficient (Wildman–Crippen LogP) is 3.55. The van der Waals surface area contributed by atoms with Gasteiger partial charge in [-0.3, -0.25) is 4.79 Å². The Bertz CT molecular complexity index is 635. The average molecular weight is 265 g/mol. The Labute approximate surface area is 120 Å². The lowest BCUT2D eigenvalue weighted by Gasteiger charge is -2.25. The third-order valence-corrected chi connectivity index (χ3v) is 4.17. The molecule has 3 rings (SSSR count). The largest absolute Gasteiger partial charge is 0.311 e. The first-order valence-electron chi connectivity index (χ1n) is 7.02. The quantitative estimate of drug-likeness (QED) is 0.813. The van der Waals surface area contributed by atoms with Crippen molar-refractivity contribution in [2.45, 2.75) is 25.7 Å². The van der Waals surface area contributed by atoms with Crippen LogP contribution >= 0.6 is 0 Å². The molecule has 2 nitrogen and oxygen atoms in total. The zero-order chi connectivity index (χ0) is 14.2. The Morgan fingerprint density at radius 3 is 2.45 bits per heavy atom. The van der Waals surface area contributed by atoms with E-state index in [1.807, 2.05) is 23.1 Å². The molecule has 0 N–H and O–H groups in total. The molecule has 0 bridgehead atoms. The van der Waals surface area contributed by atoms with E-state index in [-0.39, 0.29) is 11.3 Å². The van der Waals surface area contributed by atoms with E-state index >= 15 is 0 Å². The van der Waals surface area contributed by atoms with E-state index < -0.39 is 0 Å². The predicted molar refractivity (Wildman–Crippen MR) is 82.0 cm³/mol. The van der Waals surface area contributed by atoms with E-state index in [1.54, 1.807) is 6.92 Å². The molecule has 2 heteroatoms. The maximum absolute atomic E-state index is 11.9. The van der Waals surface area contributed by atoms with Crippen molar-refractivity contribution in [1.82, 2.24) is 0 Å². The lowest BCUT2D eigenvalue weighted by molar-refractivity contribution is -0.116. The van der Waals surface area contributed by atoms with Crippen molar-refractivity contribution in [3.63, 3.8) is 0 Å². The number of rotatable bonds is 2. The first-order valence-corrected chi connectivity index (χ1v) is 7.02. The molecule has 0 saturated heterocycles. The summed E-state index contributed by atoms with van der Waals surface area (Å²) in [6, 6.07) is 18.8. The minimum absolute atomic E-state index is 0.0103. The molecule has 1 aliphatic heterocycles. The molecule has 2 aromatic rings. The van der Waals surface area contributed by atoms with Crippen LogP contribution in [0.15, 0.2) is 54.6 Å².